The number of phenols is 1. The van der Waals surface area contributed by atoms with E-state index in [1.54, 1.807) is 6.92 Å². The Bertz CT molecular complexity index is 1820. The van der Waals surface area contributed by atoms with Gasteiger partial charge in [0.15, 0.2) is 0 Å². The number of nitrogens with zero attached hydrogens (tertiary/aromatic N) is 2. The molecule has 238 valence electrons. The number of rotatable bonds is 6. The summed E-state index contributed by atoms with van der Waals surface area (Å²) in [7, 11) is 2.86. The number of likely N-dealkylation sites (tertiary alicyclic amines) is 1. The molecule has 3 heterocycles. The highest BCUT2D eigenvalue weighted by molar-refractivity contribution is 7.09. The van der Waals surface area contributed by atoms with Crippen LogP contribution in [0.1, 0.15) is 36.1 Å². The smallest absolute Gasteiger partial charge is 0.241 e. The first-order chi connectivity index (χ1) is 22.0. The van der Waals surface area contributed by atoms with Gasteiger partial charge in [0.1, 0.15) is 23.1 Å². The normalized spacial score (nSPS) is 28.6. The molecule has 0 unspecified atom stereocenters. The van der Waals surface area contributed by atoms with E-state index < -0.39 is 52.6 Å². The number of carbonyl (C=O) groups is 4. The van der Waals surface area contributed by atoms with E-state index in [1.807, 2.05) is 23.6 Å². The third kappa shape index (κ3) is 4.24. The number of halogens is 2. The molecule has 2 aliphatic carbocycles. The van der Waals surface area contributed by atoms with E-state index in [2.05, 4.69) is 0 Å². The minimum atomic E-state index is -1.41. The van der Waals surface area contributed by atoms with Crippen LogP contribution in [-0.4, -0.2) is 47.9 Å². The maximum absolute atomic E-state index is 14.6. The molecule has 0 spiro atoms. The predicted molar refractivity (Wildman–Crippen MR) is 167 cm³/mol. The van der Waals surface area contributed by atoms with Gasteiger partial charge in [0.05, 0.1) is 54.6 Å². The van der Waals surface area contributed by atoms with Crippen molar-refractivity contribution in [1.82, 2.24) is 4.90 Å². The van der Waals surface area contributed by atoms with E-state index in [9.17, 15) is 28.7 Å². The summed E-state index contributed by atoms with van der Waals surface area (Å²) >= 11 is 7.55. The number of imide groups is 2. The van der Waals surface area contributed by atoms with E-state index in [0.717, 1.165) is 21.4 Å². The van der Waals surface area contributed by atoms with Crippen molar-refractivity contribution in [2.24, 2.45) is 29.1 Å². The summed E-state index contributed by atoms with van der Waals surface area (Å²) in [5.74, 6) is -5.57. The Balaban J connectivity index is 1.40. The summed E-state index contributed by atoms with van der Waals surface area (Å²) in [5, 5.41) is 12.1. The van der Waals surface area contributed by atoms with Crippen LogP contribution in [0.3, 0.4) is 0 Å². The highest BCUT2D eigenvalue weighted by Gasteiger charge is 2.68. The Labute approximate surface area is 273 Å². The standard InChI is InChI=1S/C34H30ClFN2O7S/c1-34-22(31(41)38(33(34)43)16-6-9-24(36)23(35)11-16)14-21-19(29(34)28-25(44-2)12-17(39)13-26(28)45-3)7-8-20-27(21)32(42)37(30(20)40)15-18-5-4-10-46-18/h4-7,9-13,20-22,27,29,39H,8,14-15H2,1-3H3/t20-,21+,22-,27-,29+,34+/m0/s1. The maximum Gasteiger partial charge on any atom is 0.241 e. The first-order valence-corrected chi connectivity index (χ1v) is 16.1. The van der Waals surface area contributed by atoms with Gasteiger partial charge in [-0.15, -0.1) is 11.3 Å². The monoisotopic (exact) mass is 664 g/mol. The second-order valence-electron chi connectivity index (χ2n) is 12.4. The van der Waals surface area contributed by atoms with Crippen LogP contribution >= 0.6 is 22.9 Å². The van der Waals surface area contributed by atoms with Gasteiger partial charge in [-0.2, -0.15) is 0 Å². The van der Waals surface area contributed by atoms with Crippen LogP contribution in [0.15, 0.2) is 59.5 Å². The SMILES string of the molecule is COc1cc(O)cc(OC)c1[C@H]1C2=CC[C@@H]3C(=O)N(Cc4cccs4)C(=O)[C@@H]3[C@@H]2C[C@H]2C(=O)N(c3ccc(F)c(Cl)c3)C(=O)[C@@]12C. The van der Waals surface area contributed by atoms with Crippen molar-refractivity contribution in [2.45, 2.75) is 32.2 Å². The van der Waals surface area contributed by atoms with Crippen LogP contribution < -0.4 is 14.4 Å². The molecule has 2 saturated heterocycles. The molecule has 46 heavy (non-hydrogen) atoms. The number of ether oxygens (including phenoxy) is 2. The zero-order chi connectivity index (χ0) is 32.7. The van der Waals surface area contributed by atoms with Gasteiger partial charge >= 0.3 is 0 Å². The van der Waals surface area contributed by atoms with Crippen LogP contribution in [0.4, 0.5) is 10.1 Å². The Kier molecular flexibility index (Phi) is 7.24. The Morgan fingerprint density at radius 2 is 1.74 bits per heavy atom. The summed E-state index contributed by atoms with van der Waals surface area (Å²) in [5.41, 5.74) is -0.101. The summed E-state index contributed by atoms with van der Waals surface area (Å²) in [6.07, 6.45) is 2.35. The van der Waals surface area contributed by atoms with Crippen molar-refractivity contribution in [1.29, 1.82) is 0 Å². The molecule has 2 aliphatic heterocycles. The zero-order valence-electron chi connectivity index (χ0n) is 25.2. The van der Waals surface area contributed by atoms with Crippen LogP contribution in [0.5, 0.6) is 17.2 Å². The zero-order valence-corrected chi connectivity index (χ0v) is 26.7. The van der Waals surface area contributed by atoms with Gasteiger partial charge in [-0.1, -0.05) is 29.3 Å². The summed E-state index contributed by atoms with van der Waals surface area (Å²) in [6, 6.07) is 10.2. The van der Waals surface area contributed by atoms with Crippen molar-refractivity contribution in [3.05, 3.63) is 80.8 Å². The minimum absolute atomic E-state index is 0.124. The van der Waals surface area contributed by atoms with Crippen LogP contribution in [0.2, 0.25) is 5.02 Å². The number of benzene rings is 2. The molecule has 4 amide bonds. The number of hydrogen-bond acceptors (Lipinski definition) is 8. The summed E-state index contributed by atoms with van der Waals surface area (Å²) in [6.45, 7) is 1.89. The average molecular weight is 665 g/mol. The number of carbonyl (C=O) groups excluding carboxylic acids is 4. The summed E-state index contributed by atoms with van der Waals surface area (Å²) in [4.78, 5) is 60.1. The molecule has 1 N–H and O–H groups in total. The molecule has 3 fully saturated rings. The van der Waals surface area contributed by atoms with E-state index in [0.29, 0.717) is 5.56 Å². The molecule has 3 aromatic rings. The van der Waals surface area contributed by atoms with Crippen molar-refractivity contribution in [3.63, 3.8) is 0 Å². The molecule has 4 aliphatic rings. The lowest BCUT2D eigenvalue weighted by Crippen LogP contribution is -2.49. The molecule has 1 aromatic heterocycles. The maximum atomic E-state index is 14.6. The first-order valence-electron chi connectivity index (χ1n) is 14.9. The highest BCUT2D eigenvalue weighted by atomic mass is 35.5. The van der Waals surface area contributed by atoms with Crippen molar-refractivity contribution in [2.75, 3.05) is 19.1 Å². The number of aromatic hydroxyl groups is 1. The van der Waals surface area contributed by atoms with E-state index in [1.165, 1.54) is 54.7 Å². The number of phenolic OH excluding ortho intramolecular Hbond substituents is 1. The lowest BCUT2D eigenvalue weighted by Gasteiger charge is -2.49. The van der Waals surface area contributed by atoms with Crippen molar-refractivity contribution in [3.8, 4) is 17.2 Å². The largest absolute Gasteiger partial charge is 0.508 e. The minimum Gasteiger partial charge on any atom is -0.508 e. The lowest BCUT2D eigenvalue weighted by molar-refractivity contribution is -0.141. The van der Waals surface area contributed by atoms with Crippen molar-refractivity contribution >= 4 is 52.3 Å². The first kappa shape index (κ1) is 30.4. The number of amides is 4. The van der Waals surface area contributed by atoms with E-state index in [4.69, 9.17) is 21.1 Å². The molecule has 0 radical (unpaired) electrons. The van der Waals surface area contributed by atoms with Gasteiger partial charge in [0, 0.05) is 28.5 Å². The molecular weight excluding hydrogens is 635 g/mol. The van der Waals surface area contributed by atoms with Gasteiger partial charge < -0.3 is 14.6 Å². The highest BCUT2D eigenvalue weighted by Crippen LogP contribution is 2.65. The summed E-state index contributed by atoms with van der Waals surface area (Å²) < 4.78 is 25.6. The molecule has 2 aromatic carbocycles. The van der Waals surface area contributed by atoms with Crippen LogP contribution in [-0.2, 0) is 25.7 Å². The Morgan fingerprint density at radius 1 is 1.02 bits per heavy atom. The van der Waals surface area contributed by atoms with E-state index in [-0.39, 0.29) is 59.2 Å². The topological polar surface area (TPSA) is 113 Å². The number of fused-ring (bicyclic) bond motifs is 4. The third-order valence-corrected chi connectivity index (χ3v) is 11.4. The number of hydrogen-bond donors (Lipinski definition) is 1. The molecular formula is C34H30ClFN2O7S. The predicted octanol–water partition coefficient (Wildman–Crippen LogP) is 5.69. The number of anilines is 1. The van der Waals surface area contributed by atoms with Gasteiger partial charge in [-0.25, -0.2) is 9.29 Å². The second-order valence-corrected chi connectivity index (χ2v) is 13.8. The van der Waals surface area contributed by atoms with Crippen LogP contribution in [0.25, 0.3) is 0 Å². The lowest BCUT2D eigenvalue weighted by atomic mass is 9.51. The van der Waals surface area contributed by atoms with Gasteiger partial charge in [-0.3, -0.25) is 24.1 Å². The number of allylic oxidation sites excluding steroid dienone is 2. The Hall–Kier alpha value is -4.22. The molecule has 7 rings (SSSR count). The van der Waals surface area contributed by atoms with Gasteiger partial charge in [0.2, 0.25) is 23.6 Å². The fraction of sp³-hybridized carbons (Fsp3) is 0.353. The Morgan fingerprint density at radius 3 is 2.37 bits per heavy atom. The molecule has 0 bridgehead atoms. The third-order valence-electron chi connectivity index (χ3n) is 10.2. The van der Waals surface area contributed by atoms with Crippen LogP contribution in [0, 0.1) is 34.9 Å². The molecule has 1 saturated carbocycles. The quantitative estimate of drug-likeness (QED) is 0.266. The van der Waals surface area contributed by atoms with Crippen molar-refractivity contribution < 1.29 is 38.1 Å². The number of methoxy groups -OCH3 is 2. The molecule has 12 heteroatoms. The van der Waals surface area contributed by atoms with Gasteiger partial charge in [0.25, 0.3) is 0 Å². The fourth-order valence-electron chi connectivity index (χ4n) is 8.18. The average Bonchev–Trinajstić information content (AvgIpc) is 3.69. The number of thiophene rings is 1. The second kappa shape index (κ2) is 10.9. The molecule has 9 nitrogen and oxygen atoms in total. The van der Waals surface area contributed by atoms with Gasteiger partial charge in [-0.05, 0) is 55.3 Å². The fourth-order valence-corrected chi connectivity index (χ4v) is 9.05. The van der Waals surface area contributed by atoms with E-state index >= 15 is 0 Å². The molecule has 6 atom stereocenters.